The summed E-state index contributed by atoms with van der Waals surface area (Å²) in [7, 11) is 0. The normalized spacial score (nSPS) is 11.2. The van der Waals surface area contributed by atoms with Crippen molar-refractivity contribution in [3.05, 3.63) is 69.7 Å². The summed E-state index contributed by atoms with van der Waals surface area (Å²) in [6, 6.07) is 7.94. The van der Waals surface area contributed by atoms with Crippen molar-refractivity contribution >= 4 is 34.8 Å². The predicted octanol–water partition coefficient (Wildman–Crippen LogP) is 4.02. The van der Waals surface area contributed by atoms with Gasteiger partial charge >= 0.3 is 0 Å². The number of rotatable bonds is 4. The minimum atomic E-state index is -0.445. The number of thiophene rings is 1. The molecule has 22 heavy (non-hydrogen) atoms. The van der Waals surface area contributed by atoms with Gasteiger partial charge in [0.1, 0.15) is 24.2 Å². The highest BCUT2D eigenvalue weighted by Crippen LogP contribution is 2.22. The van der Waals surface area contributed by atoms with Gasteiger partial charge in [-0.1, -0.05) is 23.7 Å². The minimum Gasteiger partial charge on any atom is -0.288 e. The second-order valence-electron chi connectivity index (χ2n) is 4.35. The van der Waals surface area contributed by atoms with Crippen LogP contribution < -0.4 is 0 Å². The van der Waals surface area contributed by atoms with E-state index in [1.54, 1.807) is 30.3 Å². The lowest BCUT2D eigenvalue weighted by Gasteiger charge is -2.03. The molecule has 2 heterocycles. The van der Waals surface area contributed by atoms with Gasteiger partial charge in [0.25, 0.3) is 0 Å². The molecular weight excluding hydrogens is 325 g/mol. The van der Waals surface area contributed by atoms with Crippen molar-refractivity contribution in [2.75, 3.05) is 0 Å². The zero-order chi connectivity index (χ0) is 15.5. The molecule has 0 saturated carbocycles. The van der Waals surface area contributed by atoms with Gasteiger partial charge in [-0.3, -0.25) is 4.79 Å². The summed E-state index contributed by atoms with van der Waals surface area (Å²) in [5, 5.41) is 3.88. The lowest BCUT2D eigenvalue weighted by molar-refractivity contribution is 0.105. The van der Waals surface area contributed by atoms with Gasteiger partial charge < -0.3 is 0 Å². The Morgan fingerprint density at radius 1 is 1.32 bits per heavy atom. The van der Waals surface area contributed by atoms with Crippen molar-refractivity contribution in [2.45, 2.75) is 0 Å². The standard InChI is InChI=1S/C15H9ClFN3OS/c16-15-6-5-14(22-15)13(21)4-2-10-1-3-12(11(17)7-10)20-9-18-8-19-20/h1-9H/b4-2+. The molecule has 0 spiro atoms. The van der Waals surface area contributed by atoms with Gasteiger partial charge in [0.15, 0.2) is 5.78 Å². The Hall–Kier alpha value is -2.31. The molecule has 3 aromatic rings. The number of benzene rings is 1. The molecule has 0 aliphatic rings. The Bertz CT molecular complexity index is 842. The predicted molar refractivity (Wildman–Crippen MR) is 84.0 cm³/mol. The first-order chi connectivity index (χ1) is 10.6. The summed E-state index contributed by atoms with van der Waals surface area (Å²) in [6.07, 6.45) is 5.70. The van der Waals surface area contributed by atoms with Crippen LogP contribution in [0.1, 0.15) is 15.2 Å². The molecule has 3 rings (SSSR count). The molecule has 1 aromatic carbocycles. The zero-order valence-electron chi connectivity index (χ0n) is 11.1. The van der Waals surface area contributed by atoms with Crippen LogP contribution in [0.15, 0.2) is 49.1 Å². The van der Waals surface area contributed by atoms with Crippen LogP contribution in [-0.2, 0) is 0 Å². The Morgan fingerprint density at radius 3 is 2.82 bits per heavy atom. The van der Waals surface area contributed by atoms with Crippen molar-refractivity contribution in [2.24, 2.45) is 0 Å². The highest BCUT2D eigenvalue weighted by molar-refractivity contribution is 7.18. The molecular formula is C15H9ClFN3OS. The van der Waals surface area contributed by atoms with E-state index in [0.717, 1.165) is 0 Å². The molecule has 0 atom stereocenters. The van der Waals surface area contributed by atoms with Crippen LogP contribution in [0.4, 0.5) is 4.39 Å². The van der Waals surface area contributed by atoms with Crippen LogP contribution in [0.5, 0.6) is 0 Å². The quantitative estimate of drug-likeness (QED) is 0.535. The summed E-state index contributed by atoms with van der Waals surface area (Å²) in [6.45, 7) is 0. The van der Waals surface area contributed by atoms with E-state index in [1.807, 2.05) is 0 Å². The molecule has 0 saturated heterocycles. The average molecular weight is 334 g/mol. The Kier molecular flexibility index (Phi) is 4.13. The summed E-state index contributed by atoms with van der Waals surface area (Å²) >= 11 is 6.99. The second-order valence-corrected chi connectivity index (χ2v) is 6.07. The van der Waals surface area contributed by atoms with E-state index in [0.29, 0.717) is 20.5 Å². The van der Waals surface area contributed by atoms with Gasteiger partial charge in [0.2, 0.25) is 0 Å². The number of carbonyl (C=O) groups excluding carboxylic acids is 1. The molecule has 0 fully saturated rings. The van der Waals surface area contributed by atoms with Gasteiger partial charge in [-0.05, 0) is 35.9 Å². The Labute approximate surface area is 134 Å². The third-order valence-corrected chi connectivity index (χ3v) is 4.13. The zero-order valence-corrected chi connectivity index (χ0v) is 12.7. The topological polar surface area (TPSA) is 47.8 Å². The number of hydrogen-bond acceptors (Lipinski definition) is 4. The average Bonchev–Trinajstić information content (AvgIpc) is 3.16. The number of ketones is 1. The van der Waals surface area contributed by atoms with Gasteiger partial charge in [-0.25, -0.2) is 14.1 Å². The van der Waals surface area contributed by atoms with Crippen LogP contribution in [0.25, 0.3) is 11.8 Å². The summed E-state index contributed by atoms with van der Waals surface area (Å²) in [4.78, 5) is 16.2. The third-order valence-electron chi connectivity index (χ3n) is 2.88. The monoisotopic (exact) mass is 333 g/mol. The van der Waals surface area contributed by atoms with E-state index in [-0.39, 0.29) is 5.78 Å². The number of carbonyl (C=O) groups is 1. The molecule has 110 valence electrons. The van der Waals surface area contributed by atoms with Crippen LogP contribution in [0.3, 0.4) is 0 Å². The molecule has 4 nitrogen and oxygen atoms in total. The molecule has 0 unspecified atom stereocenters. The van der Waals surface area contributed by atoms with E-state index in [2.05, 4.69) is 10.1 Å². The number of aromatic nitrogens is 3. The highest BCUT2D eigenvalue weighted by Gasteiger charge is 2.07. The lowest BCUT2D eigenvalue weighted by Crippen LogP contribution is -1.98. The molecule has 0 radical (unpaired) electrons. The Morgan fingerprint density at radius 2 is 2.18 bits per heavy atom. The third kappa shape index (κ3) is 3.13. The molecule has 0 aliphatic carbocycles. The fourth-order valence-corrected chi connectivity index (χ4v) is 2.81. The number of nitrogens with zero attached hydrogens (tertiary/aromatic N) is 3. The smallest absolute Gasteiger partial charge is 0.195 e. The van der Waals surface area contributed by atoms with Gasteiger partial charge in [0, 0.05) is 0 Å². The van der Waals surface area contributed by atoms with Crippen molar-refractivity contribution in [1.29, 1.82) is 0 Å². The van der Waals surface area contributed by atoms with Crippen LogP contribution in [-0.4, -0.2) is 20.5 Å². The van der Waals surface area contributed by atoms with Crippen molar-refractivity contribution in [3.8, 4) is 5.69 Å². The molecule has 7 heteroatoms. The highest BCUT2D eigenvalue weighted by atomic mass is 35.5. The Balaban J connectivity index is 1.80. The molecule has 0 amide bonds. The first-order valence-corrected chi connectivity index (χ1v) is 7.45. The maximum absolute atomic E-state index is 14.0. The second kappa shape index (κ2) is 6.21. The van der Waals surface area contributed by atoms with Crippen molar-refractivity contribution in [1.82, 2.24) is 14.8 Å². The van der Waals surface area contributed by atoms with E-state index in [4.69, 9.17) is 11.6 Å². The maximum Gasteiger partial charge on any atom is 0.195 e. The fraction of sp³-hybridized carbons (Fsp3) is 0. The van der Waals surface area contributed by atoms with Gasteiger partial charge in [0.05, 0.1) is 9.21 Å². The van der Waals surface area contributed by atoms with E-state index in [9.17, 15) is 9.18 Å². The summed E-state index contributed by atoms with van der Waals surface area (Å²) in [5.74, 6) is -0.614. The fourth-order valence-electron chi connectivity index (χ4n) is 1.85. The van der Waals surface area contributed by atoms with Crippen LogP contribution >= 0.6 is 22.9 Å². The molecule has 0 N–H and O–H groups in total. The molecule has 2 aromatic heterocycles. The first-order valence-electron chi connectivity index (χ1n) is 6.26. The van der Waals surface area contributed by atoms with E-state index in [1.165, 1.54) is 40.8 Å². The van der Waals surface area contributed by atoms with Crippen LogP contribution in [0, 0.1) is 5.82 Å². The van der Waals surface area contributed by atoms with Crippen LogP contribution in [0.2, 0.25) is 4.34 Å². The minimum absolute atomic E-state index is 0.169. The van der Waals surface area contributed by atoms with E-state index >= 15 is 0 Å². The van der Waals surface area contributed by atoms with E-state index < -0.39 is 5.82 Å². The van der Waals surface area contributed by atoms with Gasteiger partial charge in [-0.2, -0.15) is 5.10 Å². The summed E-state index contributed by atoms with van der Waals surface area (Å²) in [5.41, 5.74) is 0.878. The SMILES string of the molecule is O=C(/C=C/c1ccc(-n2cncn2)c(F)c1)c1ccc(Cl)s1. The number of halogens is 2. The molecule has 0 aliphatic heterocycles. The first kappa shape index (κ1) is 14.6. The van der Waals surface area contributed by atoms with Gasteiger partial charge in [-0.15, -0.1) is 11.3 Å². The lowest BCUT2D eigenvalue weighted by atomic mass is 10.1. The molecule has 0 bridgehead atoms. The number of allylic oxidation sites excluding steroid dienone is 1. The summed E-state index contributed by atoms with van der Waals surface area (Å²) < 4.78 is 15.9. The largest absolute Gasteiger partial charge is 0.288 e. The van der Waals surface area contributed by atoms with Crippen molar-refractivity contribution in [3.63, 3.8) is 0 Å². The number of hydrogen-bond donors (Lipinski definition) is 0. The van der Waals surface area contributed by atoms with Crippen molar-refractivity contribution < 1.29 is 9.18 Å². The maximum atomic E-state index is 14.0.